The Hall–Kier alpha value is -0.0800. The minimum Gasteiger partial charge on any atom is -0.312 e. The summed E-state index contributed by atoms with van der Waals surface area (Å²) in [5, 5.41) is 3.90. The van der Waals surface area contributed by atoms with Crippen molar-refractivity contribution >= 4 is 0 Å². The second-order valence-electron chi connectivity index (χ2n) is 9.77. The van der Waals surface area contributed by atoms with Crippen molar-refractivity contribution in [3.8, 4) is 0 Å². The SMILES string of the molecule is CCN(C)CC(C)NCC12CC3CC(C)(CC(C)(C3)C1)C2. The van der Waals surface area contributed by atoms with Crippen LogP contribution in [0.4, 0.5) is 0 Å². The predicted molar refractivity (Wildman–Crippen MR) is 90.5 cm³/mol. The van der Waals surface area contributed by atoms with E-state index in [-0.39, 0.29) is 0 Å². The lowest BCUT2D eigenvalue weighted by molar-refractivity contribution is -0.143. The van der Waals surface area contributed by atoms with Gasteiger partial charge in [-0.15, -0.1) is 0 Å². The quantitative estimate of drug-likeness (QED) is 0.798. The summed E-state index contributed by atoms with van der Waals surface area (Å²) in [5.74, 6) is 1.02. The van der Waals surface area contributed by atoms with Crippen molar-refractivity contribution < 1.29 is 0 Å². The maximum atomic E-state index is 3.90. The maximum Gasteiger partial charge on any atom is 0.0166 e. The molecule has 1 N–H and O–H groups in total. The fourth-order valence-electron chi connectivity index (χ4n) is 6.93. The van der Waals surface area contributed by atoms with E-state index in [0.29, 0.717) is 22.3 Å². The van der Waals surface area contributed by atoms with E-state index in [1.165, 1.54) is 51.6 Å². The van der Waals surface area contributed by atoms with E-state index in [0.717, 1.165) is 12.5 Å². The minimum absolute atomic E-state index is 0.613. The molecule has 0 saturated heterocycles. The highest BCUT2D eigenvalue weighted by atomic mass is 15.1. The Labute approximate surface area is 132 Å². The maximum absolute atomic E-state index is 3.90. The lowest BCUT2D eigenvalue weighted by Gasteiger charge is -2.65. The number of likely N-dealkylation sites (N-methyl/N-ethyl adjacent to an activating group) is 1. The van der Waals surface area contributed by atoms with E-state index in [1.54, 1.807) is 0 Å². The highest BCUT2D eigenvalue weighted by Gasteiger charge is 2.59. The number of nitrogens with zero attached hydrogens (tertiary/aromatic N) is 1. The number of hydrogen-bond acceptors (Lipinski definition) is 2. The fourth-order valence-corrected chi connectivity index (χ4v) is 6.93. The van der Waals surface area contributed by atoms with Gasteiger partial charge in [0.05, 0.1) is 0 Å². The Bertz CT molecular complexity index is 373. The van der Waals surface area contributed by atoms with Gasteiger partial charge in [0.2, 0.25) is 0 Å². The average Bonchev–Trinajstić information content (AvgIpc) is 2.32. The highest BCUT2D eigenvalue weighted by Crippen LogP contribution is 2.69. The van der Waals surface area contributed by atoms with Crippen LogP contribution in [0, 0.1) is 22.2 Å². The van der Waals surface area contributed by atoms with Gasteiger partial charge in [0.25, 0.3) is 0 Å². The normalized spacial score (nSPS) is 46.3. The van der Waals surface area contributed by atoms with Crippen molar-refractivity contribution in [3.05, 3.63) is 0 Å². The van der Waals surface area contributed by atoms with Gasteiger partial charge in [-0.05, 0) is 81.2 Å². The molecule has 0 radical (unpaired) electrons. The molecule has 21 heavy (non-hydrogen) atoms. The molecule has 4 aliphatic rings. The third kappa shape index (κ3) is 3.17. The van der Waals surface area contributed by atoms with Crippen LogP contribution >= 0.6 is 0 Å². The van der Waals surface area contributed by atoms with Crippen LogP contribution in [0.1, 0.15) is 66.2 Å². The molecule has 4 fully saturated rings. The summed E-state index contributed by atoms with van der Waals surface area (Å²) in [4.78, 5) is 2.42. The molecular formula is C19H36N2. The van der Waals surface area contributed by atoms with Crippen molar-refractivity contribution in [2.75, 3.05) is 26.7 Å². The van der Waals surface area contributed by atoms with Crippen molar-refractivity contribution in [3.63, 3.8) is 0 Å². The van der Waals surface area contributed by atoms with Crippen LogP contribution in [0.2, 0.25) is 0 Å². The Morgan fingerprint density at radius 2 is 1.71 bits per heavy atom. The van der Waals surface area contributed by atoms with Crippen LogP contribution in [0.15, 0.2) is 0 Å². The van der Waals surface area contributed by atoms with Crippen LogP contribution in [-0.2, 0) is 0 Å². The van der Waals surface area contributed by atoms with Gasteiger partial charge in [-0.1, -0.05) is 20.8 Å². The second-order valence-corrected chi connectivity index (χ2v) is 9.77. The van der Waals surface area contributed by atoms with Crippen molar-refractivity contribution in [1.29, 1.82) is 0 Å². The molecule has 4 aliphatic carbocycles. The summed E-state index contributed by atoms with van der Waals surface area (Å²) in [6, 6.07) is 0.614. The van der Waals surface area contributed by atoms with E-state index in [1.807, 2.05) is 0 Å². The third-order valence-electron chi connectivity index (χ3n) is 6.69. The summed E-state index contributed by atoms with van der Waals surface area (Å²) in [6.07, 6.45) is 8.98. The minimum atomic E-state index is 0.613. The summed E-state index contributed by atoms with van der Waals surface area (Å²) in [6.45, 7) is 13.3. The van der Waals surface area contributed by atoms with Crippen molar-refractivity contribution in [1.82, 2.24) is 10.2 Å². The van der Waals surface area contributed by atoms with Crippen LogP contribution < -0.4 is 5.32 Å². The second kappa shape index (κ2) is 5.23. The molecule has 0 aromatic carbocycles. The molecule has 0 aliphatic heterocycles. The molecule has 0 aromatic heterocycles. The highest BCUT2D eigenvalue weighted by molar-refractivity contribution is 5.11. The van der Waals surface area contributed by atoms with Crippen LogP contribution in [0.25, 0.3) is 0 Å². The van der Waals surface area contributed by atoms with Gasteiger partial charge in [0.1, 0.15) is 0 Å². The summed E-state index contributed by atoms with van der Waals surface area (Å²) >= 11 is 0. The standard InChI is InChI=1S/C19H36N2/c1-6-21(5)10-15(2)20-14-19-9-16-7-17(3,12-19)11-18(4,8-16)13-19/h15-16,20H,6-14H2,1-5H3. The van der Waals surface area contributed by atoms with Gasteiger partial charge in [-0.25, -0.2) is 0 Å². The monoisotopic (exact) mass is 292 g/mol. The van der Waals surface area contributed by atoms with Gasteiger partial charge in [-0.3, -0.25) is 0 Å². The Kier molecular flexibility index (Phi) is 3.94. The molecule has 0 amide bonds. The Morgan fingerprint density at radius 1 is 1.10 bits per heavy atom. The van der Waals surface area contributed by atoms with E-state index in [4.69, 9.17) is 0 Å². The smallest absolute Gasteiger partial charge is 0.0166 e. The molecule has 0 heterocycles. The summed E-state index contributed by atoms with van der Waals surface area (Å²) in [5.41, 5.74) is 1.92. The van der Waals surface area contributed by atoms with Crippen molar-refractivity contribution in [2.24, 2.45) is 22.2 Å². The zero-order valence-corrected chi connectivity index (χ0v) is 15.0. The number of nitrogens with one attached hydrogen (secondary N) is 1. The molecule has 4 saturated carbocycles. The molecule has 4 bridgehead atoms. The average molecular weight is 293 g/mol. The Balaban J connectivity index is 1.63. The first kappa shape index (κ1) is 15.8. The molecule has 0 spiro atoms. The first-order chi connectivity index (χ1) is 9.76. The lowest BCUT2D eigenvalue weighted by atomic mass is 9.40. The zero-order valence-electron chi connectivity index (χ0n) is 15.0. The van der Waals surface area contributed by atoms with E-state index in [2.05, 4.69) is 45.0 Å². The van der Waals surface area contributed by atoms with E-state index < -0.39 is 0 Å². The van der Waals surface area contributed by atoms with Crippen LogP contribution in [-0.4, -0.2) is 37.6 Å². The van der Waals surface area contributed by atoms with Crippen LogP contribution in [0.3, 0.4) is 0 Å². The zero-order chi connectivity index (χ0) is 15.3. The molecule has 0 aromatic rings. The van der Waals surface area contributed by atoms with Crippen molar-refractivity contribution in [2.45, 2.75) is 72.3 Å². The molecule has 3 unspecified atom stereocenters. The molecule has 4 rings (SSSR count). The van der Waals surface area contributed by atoms with Gasteiger partial charge in [-0.2, -0.15) is 0 Å². The fraction of sp³-hybridized carbons (Fsp3) is 1.00. The summed E-state index contributed by atoms with van der Waals surface area (Å²) in [7, 11) is 2.23. The topological polar surface area (TPSA) is 15.3 Å². The Morgan fingerprint density at radius 3 is 2.24 bits per heavy atom. The first-order valence-electron chi connectivity index (χ1n) is 9.17. The van der Waals surface area contributed by atoms with Gasteiger partial charge >= 0.3 is 0 Å². The predicted octanol–water partition coefficient (Wildman–Crippen LogP) is 3.91. The number of rotatable bonds is 6. The van der Waals surface area contributed by atoms with Gasteiger partial charge in [0.15, 0.2) is 0 Å². The van der Waals surface area contributed by atoms with Gasteiger partial charge < -0.3 is 10.2 Å². The molecule has 3 atom stereocenters. The van der Waals surface area contributed by atoms with Crippen LogP contribution in [0.5, 0.6) is 0 Å². The first-order valence-corrected chi connectivity index (χ1v) is 9.17. The molecule has 2 heteroatoms. The molecule has 2 nitrogen and oxygen atoms in total. The molecule has 122 valence electrons. The third-order valence-corrected chi connectivity index (χ3v) is 6.69. The van der Waals surface area contributed by atoms with E-state index in [9.17, 15) is 0 Å². The number of hydrogen-bond donors (Lipinski definition) is 1. The largest absolute Gasteiger partial charge is 0.312 e. The van der Waals surface area contributed by atoms with Gasteiger partial charge in [0, 0.05) is 19.1 Å². The lowest BCUT2D eigenvalue weighted by Crippen LogP contribution is -2.58. The van der Waals surface area contributed by atoms with E-state index >= 15 is 0 Å². The molecular weight excluding hydrogens is 256 g/mol. The summed E-state index contributed by atoms with van der Waals surface area (Å²) < 4.78 is 0.